The van der Waals surface area contributed by atoms with Crippen LogP contribution < -0.4 is 0 Å². The van der Waals surface area contributed by atoms with Crippen LogP contribution in [0.3, 0.4) is 0 Å². The lowest BCUT2D eigenvalue weighted by Gasteiger charge is -2.22. The molecule has 1 atom stereocenters. The highest BCUT2D eigenvalue weighted by Gasteiger charge is 2.26. The molecule has 1 unspecified atom stereocenters. The van der Waals surface area contributed by atoms with Crippen LogP contribution >= 0.6 is 0 Å². The van der Waals surface area contributed by atoms with Crippen LogP contribution in [0.15, 0.2) is 30.3 Å². The van der Waals surface area contributed by atoms with E-state index >= 15 is 0 Å². The van der Waals surface area contributed by atoms with Crippen LogP contribution in [0.1, 0.15) is 38.9 Å². The van der Waals surface area contributed by atoms with Crippen LogP contribution in [0, 0.1) is 5.41 Å². The summed E-state index contributed by atoms with van der Waals surface area (Å²) in [5.41, 5.74) is 0.285. The highest BCUT2D eigenvalue weighted by Crippen LogP contribution is 2.25. The molecule has 1 rings (SSSR count). The monoisotopic (exact) mass is 234 g/mol. The van der Waals surface area contributed by atoms with Crippen molar-refractivity contribution in [1.29, 1.82) is 0 Å². The maximum absolute atomic E-state index is 11.8. The normalized spacial score (nSPS) is 12.9. The lowest BCUT2D eigenvalue weighted by Crippen LogP contribution is -2.25. The van der Waals surface area contributed by atoms with Crippen molar-refractivity contribution in [2.24, 2.45) is 5.41 Å². The van der Waals surface area contributed by atoms with Gasteiger partial charge in [-0.25, -0.2) is 0 Å². The van der Waals surface area contributed by atoms with Gasteiger partial charge in [-0.3, -0.25) is 4.79 Å². The second-order valence-corrected chi connectivity index (χ2v) is 4.96. The van der Waals surface area contributed by atoms with Gasteiger partial charge in [-0.1, -0.05) is 30.3 Å². The third-order valence-electron chi connectivity index (χ3n) is 2.34. The zero-order valence-electron chi connectivity index (χ0n) is 10.5. The molecule has 0 fully saturated rings. The number of benzene rings is 1. The summed E-state index contributed by atoms with van der Waals surface area (Å²) < 4.78 is 5.37. The van der Waals surface area contributed by atoms with E-state index in [9.17, 15) is 9.59 Å². The first-order valence-electron chi connectivity index (χ1n) is 5.65. The second kappa shape index (κ2) is 5.62. The Balaban J connectivity index is 2.81. The average molecular weight is 234 g/mol. The molecule has 17 heavy (non-hydrogen) atoms. The molecule has 3 nitrogen and oxygen atoms in total. The number of carbonyl (C=O) groups excluding carboxylic acids is 2. The molecular formula is C14H18O3. The molecule has 0 saturated carbocycles. The number of carbonyl (C=O) groups is 2. The van der Waals surface area contributed by atoms with Crippen molar-refractivity contribution in [2.75, 3.05) is 0 Å². The third-order valence-corrected chi connectivity index (χ3v) is 2.34. The largest absolute Gasteiger partial charge is 0.457 e. The van der Waals surface area contributed by atoms with Gasteiger partial charge in [0.1, 0.15) is 12.4 Å². The zero-order valence-corrected chi connectivity index (χ0v) is 10.5. The number of aldehydes is 1. The summed E-state index contributed by atoms with van der Waals surface area (Å²) in [6.07, 6.45) is 0.472. The fourth-order valence-corrected chi connectivity index (χ4v) is 1.31. The first kappa shape index (κ1) is 13.4. The molecule has 0 bridgehead atoms. The minimum atomic E-state index is -0.560. The van der Waals surface area contributed by atoms with Gasteiger partial charge in [0.2, 0.25) is 0 Å². The Hall–Kier alpha value is -1.64. The van der Waals surface area contributed by atoms with Crippen molar-refractivity contribution < 1.29 is 14.3 Å². The Kier molecular flexibility index (Phi) is 4.44. The molecule has 0 aromatic heterocycles. The molecule has 92 valence electrons. The Morgan fingerprint density at radius 1 is 1.29 bits per heavy atom. The van der Waals surface area contributed by atoms with Crippen LogP contribution in [-0.4, -0.2) is 12.3 Å². The van der Waals surface area contributed by atoms with Gasteiger partial charge in [0.25, 0.3) is 0 Å². The molecule has 0 aliphatic carbocycles. The summed E-state index contributed by atoms with van der Waals surface area (Å²) in [6.45, 7) is 5.37. The third kappa shape index (κ3) is 4.02. The zero-order chi connectivity index (χ0) is 12.9. The van der Waals surface area contributed by atoms with E-state index in [2.05, 4.69) is 0 Å². The molecule has 0 aliphatic heterocycles. The highest BCUT2D eigenvalue weighted by atomic mass is 16.5. The van der Waals surface area contributed by atoms with Crippen molar-refractivity contribution >= 4 is 12.3 Å². The molecular weight excluding hydrogens is 216 g/mol. The maximum Gasteiger partial charge on any atom is 0.311 e. The van der Waals surface area contributed by atoms with Crippen LogP contribution in [0.2, 0.25) is 0 Å². The van der Waals surface area contributed by atoms with E-state index in [1.54, 1.807) is 20.8 Å². The fraction of sp³-hybridized carbons (Fsp3) is 0.429. The lowest BCUT2D eigenvalue weighted by atomic mass is 9.97. The molecule has 0 heterocycles. The van der Waals surface area contributed by atoms with Crippen molar-refractivity contribution in [2.45, 2.75) is 33.3 Å². The molecule has 1 aromatic rings. The molecule has 0 radical (unpaired) electrons. The van der Waals surface area contributed by atoms with Gasteiger partial charge in [0.15, 0.2) is 0 Å². The number of esters is 1. The summed E-state index contributed by atoms with van der Waals surface area (Å²) in [4.78, 5) is 22.4. The van der Waals surface area contributed by atoms with Crippen molar-refractivity contribution in [1.82, 2.24) is 0 Å². The summed E-state index contributed by atoms with van der Waals surface area (Å²) >= 11 is 0. The molecule has 0 aliphatic rings. The van der Waals surface area contributed by atoms with Crippen molar-refractivity contribution in [3.8, 4) is 0 Å². The molecule has 0 spiro atoms. The number of ether oxygens (including phenoxy) is 1. The van der Waals surface area contributed by atoms with Gasteiger partial charge >= 0.3 is 5.97 Å². The SMILES string of the molecule is CC(C)(C)C(=O)OC(CC=O)c1ccccc1. The first-order valence-corrected chi connectivity index (χ1v) is 5.65. The Labute approximate surface area is 102 Å². The molecule has 1 aromatic carbocycles. The predicted molar refractivity (Wildman–Crippen MR) is 65.4 cm³/mol. The van der Waals surface area contributed by atoms with Crippen LogP contribution in [0.4, 0.5) is 0 Å². The summed E-state index contributed by atoms with van der Waals surface area (Å²) in [5.74, 6) is -0.298. The minimum absolute atomic E-state index is 0.186. The Morgan fingerprint density at radius 3 is 2.35 bits per heavy atom. The van der Waals surface area contributed by atoms with Gasteiger partial charge in [-0.15, -0.1) is 0 Å². The first-order chi connectivity index (χ1) is 7.95. The quantitative estimate of drug-likeness (QED) is 0.594. The van der Waals surface area contributed by atoms with E-state index in [4.69, 9.17) is 4.74 Å². The van der Waals surface area contributed by atoms with Gasteiger partial charge in [0.05, 0.1) is 5.41 Å². The van der Waals surface area contributed by atoms with Crippen LogP contribution in [0.25, 0.3) is 0 Å². The van der Waals surface area contributed by atoms with Gasteiger partial charge in [-0.05, 0) is 26.3 Å². The molecule has 0 N–H and O–H groups in total. The second-order valence-electron chi connectivity index (χ2n) is 4.96. The van der Waals surface area contributed by atoms with Gasteiger partial charge < -0.3 is 9.53 Å². The van der Waals surface area contributed by atoms with E-state index < -0.39 is 11.5 Å². The number of hydrogen-bond donors (Lipinski definition) is 0. The lowest BCUT2D eigenvalue weighted by molar-refractivity contribution is -0.159. The standard InChI is InChI=1S/C14H18O3/c1-14(2,3)13(16)17-12(9-10-15)11-7-5-4-6-8-11/h4-8,10,12H,9H2,1-3H3. The van der Waals surface area contributed by atoms with Crippen LogP contribution in [0.5, 0.6) is 0 Å². The van der Waals surface area contributed by atoms with Gasteiger partial charge in [-0.2, -0.15) is 0 Å². The van der Waals surface area contributed by atoms with E-state index in [0.717, 1.165) is 11.8 Å². The molecule has 0 saturated heterocycles. The predicted octanol–water partition coefficient (Wildman–Crippen LogP) is 2.91. The minimum Gasteiger partial charge on any atom is -0.457 e. The van der Waals surface area contributed by atoms with Crippen LogP contribution in [-0.2, 0) is 14.3 Å². The molecule has 3 heteroatoms. The average Bonchev–Trinajstić information content (AvgIpc) is 2.28. The number of rotatable bonds is 4. The summed E-state index contributed by atoms with van der Waals surface area (Å²) in [7, 11) is 0. The van der Waals surface area contributed by atoms with E-state index in [0.29, 0.717) is 0 Å². The van der Waals surface area contributed by atoms with Gasteiger partial charge in [0, 0.05) is 6.42 Å². The fourth-order valence-electron chi connectivity index (χ4n) is 1.31. The maximum atomic E-state index is 11.8. The Morgan fingerprint density at radius 2 is 1.88 bits per heavy atom. The van der Waals surface area contributed by atoms with E-state index in [1.807, 2.05) is 30.3 Å². The topological polar surface area (TPSA) is 43.4 Å². The van der Waals surface area contributed by atoms with Crippen molar-refractivity contribution in [3.63, 3.8) is 0 Å². The Bertz CT molecular complexity index is 376. The highest BCUT2D eigenvalue weighted by molar-refractivity contribution is 5.75. The van der Waals surface area contributed by atoms with E-state index in [-0.39, 0.29) is 12.4 Å². The smallest absolute Gasteiger partial charge is 0.311 e. The summed E-state index contributed by atoms with van der Waals surface area (Å²) in [6, 6.07) is 9.30. The van der Waals surface area contributed by atoms with E-state index in [1.165, 1.54) is 0 Å². The van der Waals surface area contributed by atoms with Crippen molar-refractivity contribution in [3.05, 3.63) is 35.9 Å². The number of hydrogen-bond acceptors (Lipinski definition) is 3. The molecule has 0 amide bonds. The summed E-state index contributed by atoms with van der Waals surface area (Å²) in [5, 5.41) is 0.